The lowest BCUT2D eigenvalue weighted by Gasteiger charge is -2.31. The molecular weight excluding hydrogens is 414 g/mol. The molecule has 0 radical (unpaired) electrons. The lowest BCUT2D eigenvalue weighted by atomic mass is 9.99. The highest BCUT2D eigenvalue weighted by atomic mass is 32.2. The highest BCUT2D eigenvalue weighted by Crippen LogP contribution is 2.30. The standard InChI is InChI=1S/C23H27N3O4S/c1-17-15-20(26-14-6-10-22(26)27)11-12-21(17)31(29,30)25-13-5-7-18(16-25)23(28)24-19-8-3-2-4-9-19/h2-4,8-9,11-12,15,18H,5-7,10,13-14,16H2,1H3,(H,24,28). The van der Waals surface area contributed by atoms with E-state index in [1.54, 1.807) is 30.0 Å². The van der Waals surface area contributed by atoms with Crippen LogP contribution in [0.4, 0.5) is 11.4 Å². The molecule has 1 unspecified atom stereocenters. The van der Waals surface area contributed by atoms with E-state index in [1.165, 1.54) is 4.31 Å². The van der Waals surface area contributed by atoms with Crippen LogP contribution in [0, 0.1) is 12.8 Å². The van der Waals surface area contributed by atoms with Gasteiger partial charge in [0.15, 0.2) is 0 Å². The van der Waals surface area contributed by atoms with E-state index < -0.39 is 15.9 Å². The molecule has 0 bridgehead atoms. The lowest BCUT2D eigenvalue weighted by molar-refractivity contribution is -0.121. The Labute approximate surface area is 183 Å². The van der Waals surface area contributed by atoms with Crippen molar-refractivity contribution in [2.75, 3.05) is 29.9 Å². The molecule has 2 heterocycles. The number of rotatable bonds is 5. The van der Waals surface area contributed by atoms with Crippen LogP contribution in [0.3, 0.4) is 0 Å². The minimum Gasteiger partial charge on any atom is -0.326 e. The Balaban J connectivity index is 1.50. The van der Waals surface area contributed by atoms with Crippen molar-refractivity contribution < 1.29 is 18.0 Å². The summed E-state index contributed by atoms with van der Waals surface area (Å²) in [5.41, 5.74) is 2.04. The number of piperidine rings is 1. The number of aryl methyl sites for hydroxylation is 1. The third kappa shape index (κ3) is 4.50. The summed E-state index contributed by atoms with van der Waals surface area (Å²) in [5.74, 6) is -0.491. The number of amides is 2. The van der Waals surface area contributed by atoms with Crippen molar-refractivity contribution >= 4 is 33.2 Å². The van der Waals surface area contributed by atoms with E-state index in [1.807, 2.05) is 30.3 Å². The Morgan fingerprint density at radius 1 is 1.06 bits per heavy atom. The minimum absolute atomic E-state index is 0.0679. The molecule has 2 fully saturated rings. The second-order valence-corrected chi connectivity index (χ2v) is 10.1. The Kier molecular flexibility index (Phi) is 6.11. The molecule has 7 nitrogen and oxygen atoms in total. The zero-order valence-electron chi connectivity index (χ0n) is 17.6. The van der Waals surface area contributed by atoms with E-state index in [9.17, 15) is 18.0 Å². The van der Waals surface area contributed by atoms with Gasteiger partial charge in [0.2, 0.25) is 21.8 Å². The smallest absolute Gasteiger partial charge is 0.243 e. The summed E-state index contributed by atoms with van der Waals surface area (Å²) < 4.78 is 28.1. The van der Waals surface area contributed by atoms with Crippen molar-refractivity contribution in [2.24, 2.45) is 5.92 Å². The topological polar surface area (TPSA) is 86.8 Å². The molecule has 0 aliphatic carbocycles. The second-order valence-electron chi connectivity index (χ2n) is 8.16. The predicted octanol–water partition coefficient (Wildman–Crippen LogP) is 3.16. The fourth-order valence-corrected chi connectivity index (χ4v) is 6.02. The first-order chi connectivity index (χ1) is 14.9. The molecule has 8 heteroatoms. The van der Waals surface area contributed by atoms with Crippen LogP contribution in [-0.4, -0.2) is 44.2 Å². The van der Waals surface area contributed by atoms with Crippen molar-refractivity contribution in [1.82, 2.24) is 4.31 Å². The fraction of sp³-hybridized carbons (Fsp3) is 0.391. The predicted molar refractivity (Wildman–Crippen MR) is 119 cm³/mol. The number of carbonyl (C=O) groups excluding carboxylic acids is 2. The van der Waals surface area contributed by atoms with Crippen LogP contribution in [0.15, 0.2) is 53.4 Å². The number of nitrogens with zero attached hydrogens (tertiary/aromatic N) is 2. The number of para-hydroxylation sites is 1. The number of hydrogen-bond acceptors (Lipinski definition) is 4. The van der Waals surface area contributed by atoms with Gasteiger partial charge >= 0.3 is 0 Å². The van der Waals surface area contributed by atoms with Gasteiger partial charge in [-0.3, -0.25) is 9.59 Å². The summed E-state index contributed by atoms with van der Waals surface area (Å²) in [7, 11) is -3.74. The van der Waals surface area contributed by atoms with Gasteiger partial charge in [-0.05, 0) is 62.1 Å². The molecule has 0 spiro atoms. The monoisotopic (exact) mass is 441 g/mol. The van der Waals surface area contributed by atoms with E-state index >= 15 is 0 Å². The van der Waals surface area contributed by atoms with Gasteiger partial charge in [0, 0.05) is 37.4 Å². The Bertz CT molecular complexity index is 1090. The number of benzene rings is 2. The van der Waals surface area contributed by atoms with Crippen molar-refractivity contribution in [3.05, 3.63) is 54.1 Å². The van der Waals surface area contributed by atoms with Crippen molar-refractivity contribution in [3.8, 4) is 0 Å². The third-order valence-electron chi connectivity index (χ3n) is 5.96. The van der Waals surface area contributed by atoms with Gasteiger partial charge < -0.3 is 10.2 Å². The summed E-state index contributed by atoms with van der Waals surface area (Å²) in [6.07, 6.45) is 2.63. The largest absolute Gasteiger partial charge is 0.326 e. The van der Waals surface area contributed by atoms with Crippen LogP contribution in [0.2, 0.25) is 0 Å². The van der Waals surface area contributed by atoms with E-state index in [0.29, 0.717) is 43.6 Å². The van der Waals surface area contributed by atoms with Crippen LogP contribution in [0.1, 0.15) is 31.2 Å². The van der Waals surface area contributed by atoms with E-state index in [2.05, 4.69) is 5.32 Å². The van der Waals surface area contributed by atoms with Gasteiger partial charge in [-0.1, -0.05) is 18.2 Å². The molecule has 2 aliphatic rings. The maximum atomic E-state index is 13.3. The summed E-state index contributed by atoms with van der Waals surface area (Å²) in [6.45, 7) is 2.96. The average molecular weight is 442 g/mol. The molecule has 2 aromatic rings. The maximum Gasteiger partial charge on any atom is 0.243 e. The molecule has 2 amide bonds. The van der Waals surface area contributed by atoms with Gasteiger partial charge in [0.1, 0.15) is 0 Å². The number of anilines is 2. The Morgan fingerprint density at radius 3 is 2.52 bits per heavy atom. The van der Waals surface area contributed by atoms with E-state index in [0.717, 1.165) is 12.1 Å². The molecule has 2 saturated heterocycles. The highest BCUT2D eigenvalue weighted by Gasteiger charge is 2.34. The number of sulfonamides is 1. The van der Waals surface area contributed by atoms with Gasteiger partial charge in [-0.25, -0.2) is 8.42 Å². The first-order valence-electron chi connectivity index (χ1n) is 10.6. The van der Waals surface area contributed by atoms with Crippen LogP contribution in [0.5, 0.6) is 0 Å². The first-order valence-corrected chi connectivity index (χ1v) is 12.1. The molecular formula is C23H27N3O4S. The van der Waals surface area contributed by atoms with Crippen LogP contribution < -0.4 is 10.2 Å². The number of nitrogens with one attached hydrogen (secondary N) is 1. The molecule has 1 N–H and O–H groups in total. The molecule has 2 aliphatic heterocycles. The summed E-state index contributed by atoms with van der Waals surface area (Å²) >= 11 is 0. The minimum atomic E-state index is -3.74. The van der Waals surface area contributed by atoms with Crippen LogP contribution in [0.25, 0.3) is 0 Å². The summed E-state index contributed by atoms with van der Waals surface area (Å²) in [4.78, 5) is 26.6. The number of hydrogen-bond donors (Lipinski definition) is 1. The molecule has 31 heavy (non-hydrogen) atoms. The summed E-state index contributed by atoms with van der Waals surface area (Å²) in [5, 5.41) is 2.88. The van der Waals surface area contributed by atoms with Gasteiger partial charge in [-0.2, -0.15) is 4.31 Å². The molecule has 0 aromatic heterocycles. The Morgan fingerprint density at radius 2 is 1.84 bits per heavy atom. The zero-order valence-corrected chi connectivity index (χ0v) is 18.4. The van der Waals surface area contributed by atoms with Gasteiger partial charge in [0.25, 0.3) is 0 Å². The van der Waals surface area contributed by atoms with Crippen molar-refractivity contribution in [2.45, 2.75) is 37.5 Å². The maximum absolute atomic E-state index is 13.3. The molecule has 1 atom stereocenters. The summed E-state index contributed by atoms with van der Waals surface area (Å²) in [6, 6.07) is 14.2. The zero-order chi connectivity index (χ0) is 22.0. The van der Waals surface area contributed by atoms with Gasteiger partial charge in [-0.15, -0.1) is 0 Å². The Hall–Kier alpha value is -2.71. The third-order valence-corrected chi connectivity index (χ3v) is 7.98. The van der Waals surface area contributed by atoms with E-state index in [-0.39, 0.29) is 23.3 Å². The fourth-order valence-electron chi connectivity index (χ4n) is 4.29. The van der Waals surface area contributed by atoms with Crippen molar-refractivity contribution in [3.63, 3.8) is 0 Å². The van der Waals surface area contributed by atoms with Gasteiger partial charge in [0.05, 0.1) is 10.8 Å². The first kappa shape index (κ1) is 21.5. The lowest BCUT2D eigenvalue weighted by Crippen LogP contribution is -2.43. The van der Waals surface area contributed by atoms with Crippen molar-refractivity contribution in [1.29, 1.82) is 0 Å². The highest BCUT2D eigenvalue weighted by molar-refractivity contribution is 7.89. The van der Waals surface area contributed by atoms with Crippen LogP contribution >= 0.6 is 0 Å². The normalized spacial score (nSPS) is 20.1. The molecule has 0 saturated carbocycles. The number of carbonyl (C=O) groups is 2. The molecule has 4 rings (SSSR count). The molecule has 2 aromatic carbocycles. The quantitative estimate of drug-likeness (QED) is 0.772. The second kappa shape index (κ2) is 8.80. The SMILES string of the molecule is Cc1cc(N2CCCC2=O)ccc1S(=O)(=O)N1CCCC(C(=O)Nc2ccccc2)C1. The van der Waals surface area contributed by atoms with Crippen LogP contribution in [-0.2, 0) is 19.6 Å². The average Bonchev–Trinajstić information content (AvgIpc) is 3.20. The van der Waals surface area contributed by atoms with E-state index in [4.69, 9.17) is 0 Å². The molecule has 164 valence electrons.